The van der Waals surface area contributed by atoms with Crippen molar-refractivity contribution in [2.24, 2.45) is 5.92 Å². The molecule has 1 fully saturated rings. The van der Waals surface area contributed by atoms with Crippen molar-refractivity contribution in [2.75, 3.05) is 13.1 Å². The number of benzene rings is 1. The SMILES string of the molecule is CC(c1c[nH]c2ccccc12)C1CCNCC1. The van der Waals surface area contributed by atoms with Crippen molar-refractivity contribution < 1.29 is 0 Å². The van der Waals surface area contributed by atoms with Crippen LogP contribution in [0, 0.1) is 5.92 Å². The summed E-state index contributed by atoms with van der Waals surface area (Å²) in [7, 11) is 0. The monoisotopic (exact) mass is 228 g/mol. The molecule has 1 atom stereocenters. The molecule has 2 N–H and O–H groups in total. The van der Waals surface area contributed by atoms with Crippen molar-refractivity contribution in [3.63, 3.8) is 0 Å². The minimum Gasteiger partial charge on any atom is -0.361 e. The van der Waals surface area contributed by atoms with E-state index in [1.54, 1.807) is 0 Å². The van der Waals surface area contributed by atoms with Crippen LogP contribution in [0.25, 0.3) is 10.9 Å². The van der Waals surface area contributed by atoms with Crippen LogP contribution in [0.15, 0.2) is 30.5 Å². The molecule has 0 saturated carbocycles. The first-order chi connectivity index (χ1) is 8.36. The fourth-order valence-electron chi connectivity index (χ4n) is 3.07. The van der Waals surface area contributed by atoms with Gasteiger partial charge in [-0.15, -0.1) is 0 Å². The second-order valence-electron chi connectivity index (χ2n) is 5.17. The van der Waals surface area contributed by atoms with Gasteiger partial charge in [-0.05, 0) is 49.4 Å². The molecule has 17 heavy (non-hydrogen) atoms. The van der Waals surface area contributed by atoms with E-state index in [9.17, 15) is 0 Å². The molecule has 2 heteroatoms. The lowest BCUT2D eigenvalue weighted by molar-refractivity contribution is 0.331. The number of fused-ring (bicyclic) bond motifs is 1. The molecule has 1 saturated heterocycles. The summed E-state index contributed by atoms with van der Waals surface area (Å²) in [6.45, 7) is 4.74. The van der Waals surface area contributed by atoms with Crippen molar-refractivity contribution >= 4 is 10.9 Å². The second-order valence-corrected chi connectivity index (χ2v) is 5.17. The van der Waals surface area contributed by atoms with Crippen LogP contribution in [-0.2, 0) is 0 Å². The summed E-state index contributed by atoms with van der Waals surface area (Å²) < 4.78 is 0. The molecule has 0 amide bonds. The fraction of sp³-hybridized carbons (Fsp3) is 0.467. The number of piperidine rings is 1. The molecule has 0 aliphatic carbocycles. The molecule has 90 valence electrons. The zero-order valence-corrected chi connectivity index (χ0v) is 10.4. The maximum Gasteiger partial charge on any atom is 0.0456 e. The van der Waals surface area contributed by atoms with Gasteiger partial charge in [0.25, 0.3) is 0 Å². The number of hydrogen-bond acceptors (Lipinski definition) is 1. The molecule has 0 bridgehead atoms. The van der Waals surface area contributed by atoms with Gasteiger partial charge >= 0.3 is 0 Å². The van der Waals surface area contributed by atoms with E-state index in [2.05, 4.69) is 47.7 Å². The van der Waals surface area contributed by atoms with E-state index in [4.69, 9.17) is 0 Å². The van der Waals surface area contributed by atoms with Gasteiger partial charge in [-0.3, -0.25) is 0 Å². The first-order valence-electron chi connectivity index (χ1n) is 6.63. The minimum atomic E-state index is 0.660. The second kappa shape index (κ2) is 4.53. The largest absolute Gasteiger partial charge is 0.361 e. The Kier molecular flexibility index (Phi) is 2.89. The molecular weight excluding hydrogens is 208 g/mol. The van der Waals surface area contributed by atoms with E-state index in [-0.39, 0.29) is 0 Å². The molecule has 2 aromatic rings. The molecule has 1 aliphatic heterocycles. The van der Waals surface area contributed by atoms with E-state index in [1.807, 2.05) is 0 Å². The van der Waals surface area contributed by atoms with Crippen LogP contribution in [-0.4, -0.2) is 18.1 Å². The van der Waals surface area contributed by atoms with Crippen molar-refractivity contribution in [1.82, 2.24) is 10.3 Å². The Hall–Kier alpha value is -1.28. The normalized spacial score (nSPS) is 19.6. The summed E-state index contributed by atoms with van der Waals surface area (Å²) >= 11 is 0. The van der Waals surface area contributed by atoms with Crippen molar-refractivity contribution in [1.29, 1.82) is 0 Å². The predicted molar refractivity (Wildman–Crippen MR) is 72.3 cm³/mol. The van der Waals surface area contributed by atoms with Gasteiger partial charge < -0.3 is 10.3 Å². The Morgan fingerprint density at radius 2 is 1.94 bits per heavy atom. The lowest BCUT2D eigenvalue weighted by Crippen LogP contribution is -2.30. The molecule has 2 nitrogen and oxygen atoms in total. The van der Waals surface area contributed by atoms with Crippen LogP contribution in [0.5, 0.6) is 0 Å². The van der Waals surface area contributed by atoms with Crippen LogP contribution < -0.4 is 5.32 Å². The Morgan fingerprint density at radius 1 is 1.18 bits per heavy atom. The fourth-order valence-corrected chi connectivity index (χ4v) is 3.07. The highest BCUT2D eigenvalue weighted by Crippen LogP contribution is 2.34. The minimum absolute atomic E-state index is 0.660. The third-order valence-electron chi connectivity index (χ3n) is 4.20. The summed E-state index contributed by atoms with van der Waals surface area (Å²) in [5.41, 5.74) is 2.76. The number of aromatic amines is 1. The van der Waals surface area contributed by atoms with E-state index in [0.717, 1.165) is 5.92 Å². The molecule has 0 spiro atoms. The number of nitrogens with one attached hydrogen (secondary N) is 2. The van der Waals surface area contributed by atoms with Gasteiger partial charge in [0, 0.05) is 17.1 Å². The van der Waals surface area contributed by atoms with Gasteiger partial charge in [0.2, 0.25) is 0 Å². The quantitative estimate of drug-likeness (QED) is 0.811. The zero-order valence-electron chi connectivity index (χ0n) is 10.4. The average Bonchev–Trinajstić information content (AvgIpc) is 2.83. The Balaban J connectivity index is 1.92. The summed E-state index contributed by atoms with van der Waals surface area (Å²) in [5, 5.41) is 4.85. The van der Waals surface area contributed by atoms with Crippen LogP contribution >= 0.6 is 0 Å². The molecule has 0 radical (unpaired) electrons. The molecule has 1 aliphatic rings. The lowest BCUT2D eigenvalue weighted by Gasteiger charge is -2.28. The topological polar surface area (TPSA) is 27.8 Å². The van der Waals surface area contributed by atoms with Gasteiger partial charge in [-0.2, -0.15) is 0 Å². The predicted octanol–water partition coefficient (Wildman–Crippen LogP) is 3.27. The summed E-state index contributed by atoms with van der Waals surface area (Å²) in [6.07, 6.45) is 4.82. The molecule has 3 rings (SSSR count). The number of hydrogen-bond donors (Lipinski definition) is 2. The Labute approximate surface area is 102 Å². The van der Waals surface area contributed by atoms with E-state index >= 15 is 0 Å². The molecule has 1 aromatic heterocycles. The highest BCUT2D eigenvalue weighted by atomic mass is 14.9. The first kappa shape index (κ1) is 10.8. The van der Waals surface area contributed by atoms with E-state index in [1.165, 1.54) is 42.4 Å². The van der Waals surface area contributed by atoms with Crippen molar-refractivity contribution in [2.45, 2.75) is 25.7 Å². The highest BCUT2D eigenvalue weighted by molar-refractivity contribution is 5.83. The maximum atomic E-state index is 3.44. The Bertz CT molecular complexity index is 494. The van der Waals surface area contributed by atoms with E-state index in [0.29, 0.717) is 5.92 Å². The van der Waals surface area contributed by atoms with Crippen molar-refractivity contribution in [3.05, 3.63) is 36.0 Å². The number of H-pyrrole nitrogens is 1. The standard InChI is InChI=1S/C15H20N2/c1-11(12-6-8-16-9-7-12)14-10-17-15-5-3-2-4-13(14)15/h2-5,10-12,16-17H,6-9H2,1H3. The lowest BCUT2D eigenvalue weighted by atomic mass is 9.82. The summed E-state index contributed by atoms with van der Waals surface area (Å²) in [4.78, 5) is 3.39. The van der Waals surface area contributed by atoms with Crippen LogP contribution in [0.3, 0.4) is 0 Å². The highest BCUT2D eigenvalue weighted by Gasteiger charge is 2.22. The molecule has 1 unspecified atom stereocenters. The Morgan fingerprint density at radius 3 is 2.76 bits per heavy atom. The smallest absolute Gasteiger partial charge is 0.0456 e. The summed E-state index contributed by atoms with van der Waals surface area (Å²) in [6, 6.07) is 8.62. The number of para-hydroxylation sites is 1. The van der Waals surface area contributed by atoms with Gasteiger partial charge in [-0.1, -0.05) is 25.1 Å². The first-order valence-corrected chi connectivity index (χ1v) is 6.63. The van der Waals surface area contributed by atoms with Crippen LogP contribution in [0.2, 0.25) is 0 Å². The van der Waals surface area contributed by atoms with Gasteiger partial charge in [0.1, 0.15) is 0 Å². The maximum absolute atomic E-state index is 3.44. The van der Waals surface area contributed by atoms with Crippen LogP contribution in [0.4, 0.5) is 0 Å². The van der Waals surface area contributed by atoms with E-state index < -0.39 is 0 Å². The zero-order chi connectivity index (χ0) is 11.7. The molecular formula is C15H20N2. The van der Waals surface area contributed by atoms with Gasteiger partial charge in [-0.25, -0.2) is 0 Å². The third-order valence-corrected chi connectivity index (χ3v) is 4.20. The van der Waals surface area contributed by atoms with Crippen molar-refractivity contribution in [3.8, 4) is 0 Å². The third kappa shape index (κ3) is 1.98. The molecule has 1 aromatic carbocycles. The average molecular weight is 228 g/mol. The number of aromatic nitrogens is 1. The van der Waals surface area contributed by atoms with Crippen LogP contribution in [0.1, 0.15) is 31.2 Å². The number of rotatable bonds is 2. The van der Waals surface area contributed by atoms with Gasteiger partial charge in [0.05, 0.1) is 0 Å². The summed E-state index contributed by atoms with van der Waals surface area (Å²) in [5.74, 6) is 1.49. The van der Waals surface area contributed by atoms with Gasteiger partial charge in [0.15, 0.2) is 0 Å². The molecule has 2 heterocycles.